The number of nitrogens with one attached hydrogen (secondary N) is 2. The van der Waals surface area contributed by atoms with Crippen LogP contribution in [-0.2, 0) is 11.2 Å². The summed E-state index contributed by atoms with van der Waals surface area (Å²) in [5.74, 6) is -0.932. The minimum Gasteiger partial charge on any atom is -0.494 e. The zero-order valence-corrected chi connectivity index (χ0v) is 27.3. The standard InChI is InChI=1S/C36H40N2O8S/c1-3-4-5-6-7-19-45-28-16-14-25(15-17-28)36(43)46-30-18-13-24(22-31(30)44-2)21-29(35(41)42)38-33(39)26-10-8-11-27(23-26)37-34(40)32-12-9-20-47-32/h8-18,20,22-23,29,33,38-39H,3-7,19,21H2,1-2H3,(H,37,40)(H,41,42). The van der Waals surface area contributed by atoms with Gasteiger partial charge in [0.1, 0.15) is 18.0 Å². The molecule has 47 heavy (non-hydrogen) atoms. The van der Waals surface area contributed by atoms with Crippen LogP contribution in [0.5, 0.6) is 17.2 Å². The Morgan fingerprint density at radius 2 is 1.68 bits per heavy atom. The molecule has 0 bridgehead atoms. The molecule has 0 saturated carbocycles. The van der Waals surface area contributed by atoms with Crippen molar-refractivity contribution in [1.82, 2.24) is 5.32 Å². The molecule has 0 spiro atoms. The summed E-state index contributed by atoms with van der Waals surface area (Å²) in [5.41, 5.74) is 1.75. The molecular weight excluding hydrogens is 620 g/mol. The van der Waals surface area contributed by atoms with Crippen LogP contribution in [0.3, 0.4) is 0 Å². The Balaban J connectivity index is 1.34. The summed E-state index contributed by atoms with van der Waals surface area (Å²) >= 11 is 1.31. The lowest BCUT2D eigenvalue weighted by atomic mass is 10.0. The van der Waals surface area contributed by atoms with Gasteiger partial charge in [0, 0.05) is 5.69 Å². The quantitative estimate of drug-likeness (QED) is 0.0390. The first-order valence-corrected chi connectivity index (χ1v) is 16.4. The van der Waals surface area contributed by atoms with E-state index in [0.29, 0.717) is 39.6 Å². The van der Waals surface area contributed by atoms with Crippen molar-refractivity contribution in [1.29, 1.82) is 0 Å². The molecule has 1 amide bonds. The maximum Gasteiger partial charge on any atom is 0.343 e. The third-order valence-electron chi connectivity index (χ3n) is 7.34. The van der Waals surface area contributed by atoms with Gasteiger partial charge in [-0.2, -0.15) is 0 Å². The summed E-state index contributed by atoms with van der Waals surface area (Å²) in [6.45, 7) is 2.80. The van der Waals surface area contributed by atoms with Crippen LogP contribution in [0.15, 0.2) is 84.2 Å². The van der Waals surface area contributed by atoms with Gasteiger partial charge >= 0.3 is 11.9 Å². The van der Waals surface area contributed by atoms with Gasteiger partial charge in [-0.05, 0) is 83.9 Å². The molecule has 1 aromatic heterocycles. The van der Waals surface area contributed by atoms with Crippen LogP contribution in [0.1, 0.15) is 76.4 Å². The second kappa shape index (κ2) is 17.8. The van der Waals surface area contributed by atoms with Gasteiger partial charge in [0.05, 0.1) is 24.2 Å². The minimum absolute atomic E-state index is 0.00809. The van der Waals surface area contributed by atoms with Crippen molar-refractivity contribution in [2.45, 2.75) is 57.7 Å². The molecule has 2 atom stereocenters. The highest BCUT2D eigenvalue weighted by Crippen LogP contribution is 2.30. The Hall–Kier alpha value is -4.71. The number of methoxy groups -OCH3 is 1. The van der Waals surface area contributed by atoms with Gasteiger partial charge in [-0.25, -0.2) is 4.79 Å². The molecular formula is C36H40N2O8S. The molecule has 0 aliphatic carbocycles. The van der Waals surface area contributed by atoms with E-state index in [4.69, 9.17) is 14.2 Å². The summed E-state index contributed by atoms with van der Waals surface area (Å²) in [6.07, 6.45) is 4.39. The SMILES string of the molecule is CCCCCCCOc1ccc(C(=O)Oc2ccc(CC(NC(O)c3cccc(NC(=O)c4cccs4)c3)C(=O)O)cc2OC)cc1. The molecule has 1 heterocycles. The van der Waals surface area contributed by atoms with Gasteiger partial charge in [-0.1, -0.05) is 56.9 Å². The zero-order valence-electron chi connectivity index (χ0n) is 26.4. The molecule has 0 saturated heterocycles. The van der Waals surface area contributed by atoms with Crippen molar-refractivity contribution < 1.29 is 38.8 Å². The highest BCUT2D eigenvalue weighted by atomic mass is 32.1. The van der Waals surface area contributed by atoms with Crippen molar-refractivity contribution >= 4 is 34.9 Å². The summed E-state index contributed by atoms with van der Waals surface area (Å²) in [5, 5.41) is 28.1. The molecule has 3 aromatic carbocycles. The van der Waals surface area contributed by atoms with Crippen LogP contribution >= 0.6 is 11.3 Å². The number of esters is 1. The number of unbranched alkanes of at least 4 members (excludes halogenated alkanes) is 4. The molecule has 248 valence electrons. The Labute approximate surface area is 278 Å². The summed E-state index contributed by atoms with van der Waals surface area (Å²) in [4.78, 5) is 37.9. The number of rotatable bonds is 18. The first-order chi connectivity index (χ1) is 22.8. The van der Waals surface area contributed by atoms with Crippen LogP contribution in [0.4, 0.5) is 5.69 Å². The van der Waals surface area contributed by atoms with E-state index in [-0.39, 0.29) is 23.8 Å². The van der Waals surface area contributed by atoms with E-state index in [1.807, 2.05) is 0 Å². The second-order valence-electron chi connectivity index (χ2n) is 10.9. The molecule has 0 aliphatic heterocycles. The van der Waals surface area contributed by atoms with Crippen molar-refractivity contribution in [2.24, 2.45) is 0 Å². The van der Waals surface area contributed by atoms with Gasteiger partial charge in [0.25, 0.3) is 5.91 Å². The number of hydrogen-bond acceptors (Lipinski definition) is 9. The van der Waals surface area contributed by atoms with Gasteiger partial charge in [0.15, 0.2) is 11.5 Å². The summed E-state index contributed by atoms with van der Waals surface area (Å²) < 4.78 is 16.8. The van der Waals surface area contributed by atoms with Crippen LogP contribution in [0.2, 0.25) is 0 Å². The van der Waals surface area contributed by atoms with Gasteiger partial charge < -0.3 is 29.7 Å². The molecule has 2 unspecified atom stereocenters. The van der Waals surface area contributed by atoms with E-state index in [1.165, 1.54) is 43.8 Å². The van der Waals surface area contributed by atoms with Crippen LogP contribution in [-0.4, -0.2) is 47.8 Å². The zero-order chi connectivity index (χ0) is 33.6. The fourth-order valence-electron chi connectivity index (χ4n) is 4.79. The maximum atomic E-state index is 12.8. The average Bonchev–Trinajstić information content (AvgIpc) is 3.62. The number of benzene rings is 3. The Morgan fingerprint density at radius 3 is 2.38 bits per heavy atom. The van der Waals surface area contributed by atoms with Crippen molar-refractivity contribution in [2.75, 3.05) is 19.0 Å². The van der Waals surface area contributed by atoms with Gasteiger partial charge in [0.2, 0.25) is 0 Å². The second-order valence-corrected chi connectivity index (χ2v) is 11.8. The average molecular weight is 661 g/mol. The fraction of sp³-hybridized carbons (Fsp3) is 0.306. The Kier molecular flexibility index (Phi) is 13.3. The number of ether oxygens (including phenoxy) is 3. The highest BCUT2D eigenvalue weighted by molar-refractivity contribution is 7.12. The fourth-order valence-corrected chi connectivity index (χ4v) is 5.41. The van der Waals surface area contributed by atoms with Crippen molar-refractivity contribution in [3.8, 4) is 17.2 Å². The normalized spacial score (nSPS) is 12.1. The van der Waals surface area contributed by atoms with Crippen LogP contribution in [0, 0.1) is 0 Å². The lowest BCUT2D eigenvalue weighted by Crippen LogP contribution is -2.40. The van der Waals surface area contributed by atoms with E-state index >= 15 is 0 Å². The number of aliphatic carboxylic acids is 1. The first kappa shape index (κ1) is 35.1. The van der Waals surface area contributed by atoms with E-state index in [9.17, 15) is 24.6 Å². The smallest absolute Gasteiger partial charge is 0.343 e. The molecule has 0 radical (unpaired) electrons. The van der Waals surface area contributed by atoms with Crippen LogP contribution in [0.25, 0.3) is 0 Å². The summed E-state index contributed by atoms with van der Waals surface area (Å²) in [7, 11) is 1.42. The molecule has 11 heteroatoms. The third kappa shape index (κ3) is 10.7. The number of aliphatic hydroxyl groups excluding tert-OH is 1. The number of aliphatic hydroxyl groups is 1. The van der Waals surface area contributed by atoms with E-state index in [1.54, 1.807) is 78.2 Å². The lowest BCUT2D eigenvalue weighted by Gasteiger charge is -2.21. The number of thiophene rings is 1. The highest BCUT2D eigenvalue weighted by Gasteiger charge is 2.23. The number of carbonyl (C=O) groups excluding carboxylic acids is 2. The predicted octanol–water partition coefficient (Wildman–Crippen LogP) is 6.85. The maximum absolute atomic E-state index is 12.8. The number of carboxylic acids is 1. The molecule has 0 fully saturated rings. The largest absolute Gasteiger partial charge is 0.494 e. The third-order valence-corrected chi connectivity index (χ3v) is 8.21. The molecule has 0 aliphatic rings. The van der Waals surface area contributed by atoms with Crippen molar-refractivity contribution in [3.05, 3.63) is 106 Å². The molecule has 4 aromatic rings. The summed E-state index contributed by atoms with van der Waals surface area (Å²) in [6, 6.07) is 20.3. The number of carboxylic acid groups (broad SMARTS) is 1. The van der Waals surface area contributed by atoms with Gasteiger partial charge in [-0.15, -0.1) is 11.3 Å². The molecule has 4 rings (SSSR count). The van der Waals surface area contributed by atoms with Crippen molar-refractivity contribution in [3.63, 3.8) is 0 Å². The van der Waals surface area contributed by atoms with Crippen LogP contribution < -0.4 is 24.8 Å². The lowest BCUT2D eigenvalue weighted by molar-refractivity contribution is -0.140. The molecule has 4 N–H and O–H groups in total. The number of carbonyl (C=O) groups is 3. The first-order valence-electron chi connectivity index (χ1n) is 15.5. The Bertz CT molecular complexity index is 1610. The monoisotopic (exact) mass is 660 g/mol. The van der Waals surface area contributed by atoms with E-state index in [0.717, 1.165) is 12.8 Å². The molecule has 10 nitrogen and oxygen atoms in total. The Morgan fingerprint density at radius 1 is 0.894 bits per heavy atom. The predicted molar refractivity (Wildman–Crippen MR) is 181 cm³/mol. The topological polar surface area (TPSA) is 143 Å². The number of amides is 1. The van der Waals surface area contributed by atoms with E-state index < -0.39 is 24.2 Å². The van der Waals surface area contributed by atoms with Gasteiger partial charge in [-0.3, -0.25) is 14.9 Å². The van der Waals surface area contributed by atoms with E-state index in [2.05, 4.69) is 17.6 Å². The minimum atomic E-state index is -1.33. The number of anilines is 1. The number of hydrogen-bond donors (Lipinski definition) is 4.